The summed E-state index contributed by atoms with van der Waals surface area (Å²) in [7, 11) is 0. The fourth-order valence-electron chi connectivity index (χ4n) is 1.17. The van der Waals surface area contributed by atoms with Gasteiger partial charge in [0, 0.05) is 12.1 Å². The zero-order valence-corrected chi connectivity index (χ0v) is 10.2. The summed E-state index contributed by atoms with van der Waals surface area (Å²) in [6.45, 7) is 4.43. The highest BCUT2D eigenvalue weighted by atomic mass is 35.5. The van der Waals surface area contributed by atoms with E-state index in [1.165, 1.54) is 5.54 Å². The number of hydrogen-bond acceptors (Lipinski definition) is 3. The van der Waals surface area contributed by atoms with Crippen LogP contribution in [0.4, 0.5) is 0 Å². The fourth-order valence-corrected chi connectivity index (χ4v) is 1.25. The smallest absolute Gasteiger partial charge is 0.138 e. The van der Waals surface area contributed by atoms with Crippen molar-refractivity contribution in [1.29, 1.82) is 0 Å². The van der Waals surface area contributed by atoms with Crippen molar-refractivity contribution in [1.82, 2.24) is 10.3 Å². The summed E-state index contributed by atoms with van der Waals surface area (Å²) < 4.78 is 5.37. The average Bonchev–Trinajstić information content (AvgIpc) is 2.32. The third-order valence-corrected chi connectivity index (χ3v) is 2.14. The van der Waals surface area contributed by atoms with Crippen LogP contribution in [0.3, 0.4) is 0 Å². The first-order valence-corrected chi connectivity index (χ1v) is 5.84. The van der Waals surface area contributed by atoms with E-state index in [0.29, 0.717) is 6.61 Å². The molecule has 1 heterocycles. The molecule has 0 aliphatic heterocycles. The third-order valence-electron chi connectivity index (χ3n) is 1.97. The lowest BCUT2D eigenvalue weighted by molar-refractivity contribution is 0.361. The van der Waals surface area contributed by atoms with Crippen molar-refractivity contribution >= 4 is 11.6 Å². The molecular weight excluding hydrogens is 224 g/mol. The minimum Gasteiger partial charge on any atom is -0.488 e. The molecule has 0 radical (unpaired) electrons. The predicted octanol–water partition coefficient (Wildman–Crippen LogP) is 2.71. The van der Waals surface area contributed by atoms with Gasteiger partial charge in [-0.25, -0.2) is 0 Å². The van der Waals surface area contributed by atoms with Crippen molar-refractivity contribution in [3.63, 3.8) is 0 Å². The van der Waals surface area contributed by atoms with Gasteiger partial charge < -0.3 is 10.1 Å². The quantitative estimate of drug-likeness (QED) is 0.745. The highest BCUT2D eigenvalue weighted by Crippen LogP contribution is 2.08. The normalized spacial score (nSPS) is 10.9. The first-order valence-electron chi connectivity index (χ1n) is 5.40. The van der Waals surface area contributed by atoms with Crippen molar-refractivity contribution in [3.8, 4) is 5.75 Å². The van der Waals surface area contributed by atoms with Crippen LogP contribution in [0.25, 0.3) is 0 Å². The molecule has 1 rings (SSSR count). The summed E-state index contributed by atoms with van der Waals surface area (Å²) in [6, 6.07) is 3.88. The second-order valence-electron chi connectivity index (χ2n) is 3.33. The van der Waals surface area contributed by atoms with Crippen LogP contribution < -0.4 is 10.1 Å². The molecule has 0 atom stereocenters. The lowest BCUT2D eigenvalue weighted by Crippen LogP contribution is -2.14. The first-order chi connectivity index (χ1) is 7.86. The number of aromatic nitrogens is 1. The van der Waals surface area contributed by atoms with Crippen molar-refractivity contribution < 1.29 is 4.74 Å². The molecule has 0 saturated heterocycles. The summed E-state index contributed by atoms with van der Waals surface area (Å²) in [5, 5.41) is 3.29. The van der Waals surface area contributed by atoms with Gasteiger partial charge in [-0.15, -0.1) is 0 Å². The van der Waals surface area contributed by atoms with E-state index in [4.69, 9.17) is 16.3 Å². The third kappa shape index (κ3) is 5.14. The van der Waals surface area contributed by atoms with E-state index in [-0.39, 0.29) is 0 Å². The number of rotatable bonds is 7. The zero-order chi connectivity index (χ0) is 11.6. The van der Waals surface area contributed by atoms with Gasteiger partial charge in [0.15, 0.2) is 0 Å². The summed E-state index contributed by atoms with van der Waals surface area (Å²) >= 11 is 5.38. The van der Waals surface area contributed by atoms with Gasteiger partial charge >= 0.3 is 0 Å². The highest BCUT2D eigenvalue weighted by molar-refractivity contribution is 6.25. The summed E-state index contributed by atoms with van der Waals surface area (Å²) in [5.41, 5.74) is 2.46. The largest absolute Gasteiger partial charge is 0.488 e. The van der Waals surface area contributed by atoms with Crippen molar-refractivity contribution in [2.75, 3.05) is 13.2 Å². The number of nitrogens with one attached hydrogen (secondary N) is 1. The van der Waals surface area contributed by atoms with Gasteiger partial charge in [-0.1, -0.05) is 18.5 Å². The molecule has 88 valence electrons. The van der Waals surface area contributed by atoms with Gasteiger partial charge in [-0.3, -0.25) is 4.98 Å². The van der Waals surface area contributed by atoms with E-state index in [0.717, 1.165) is 31.0 Å². The van der Waals surface area contributed by atoms with Gasteiger partial charge in [-0.05, 0) is 31.2 Å². The topological polar surface area (TPSA) is 34.1 Å². The predicted molar refractivity (Wildman–Crippen MR) is 66.7 cm³/mol. The molecular formula is C12H17ClN2O. The molecule has 0 aliphatic rings. The van der Waals surface area contributed by atoms with Crippen LogP contribution in [-0.4, -0.2) is 18.1 Å². The lowest BCUT2D eigenvalue weighted by Gasteiger charge is -2.05. The van der Waals surface area contributed by atoms with E-state index >= 15 is 0 Å². The zero-order valence-electron chi connectivity index (χ0n) is 9.45. The molecule has 0 unspecified atom stereocenters. The van der Waals surface area contributed by atoms with Crippen LogP contribution in [0.15, 0.2) is 29.9 Å². The number of pyridine rings is 1. The Morgan fingerprint density at radius 3 is 3.00 bits per heavy atom. The molecule has 4 heteroatoms. The van der Waals surface area contributed by atoms with Crippen LogP contribution >= 0.6 is 11.6 Å². The monoisotopic (exact) mass is 240 g/mol. The number of halogens is 1. The second-order valence-corrected chi connectivity index (χ2v) is 3.59. The number of ether oxygens (including phenoxy) is 1. The number of nitrogens with zero attached hydrogens (tertiary/aromatic N) is 1. The van der Waals surface area contributed by atoms with E-state index in [1.54, 1.807) is 12.3 Å². The maximum Gasteiger partial charge on any atom is 0.138 e. The molecule has 0 bridgehead atoms. The lowest BCUT2D eigenvalue weighted by atomic mass is 10.3. The molecule has 0 saturated carbocycles. The summed E-state index contributed by atoms with van der Waals surface area (Å²) in [6.07, 6.45) is 4.59. The Balaban J connectivity index is 2.35. The summed E-state index contributed by atoms with van der Waals surface area (Å²) in [5.74, 6) is 0.758. The molecule has 1 aromatic heterocycles. The Kier molecular flexibility index (Phi) is 6.61. The maximum absolute atomic E-state index is 5.38. The average molecular weight is 241 g/mol. The first kappa shape index (κ1) is 13.0. The Morgan fingerprint density at radius 2 is 2.38 bits per heavy atom. The number of hydrogen-bond donors (Lipinski definition) is 1. The van der Waals surface area contributed by atoms with Crippen LogP contribution in [0, 0.1) is 0 Å². The maximum atomic E-state index is 5.38. The fraction of sp³-hybridized carbons (Fsp3) is 0.417. The van der Waals surface area contributed by atoms with Crippen LogP contribution in [0.2, 0.25) is 0 Å². The molecule has 1 N–H and O–H groups in total. The van der Waals surface area contributed by atoms with Gasteiger partial charge in [0.05, 0.1) is 11.9 Å². The second kappa shape index (κ2) is 8.13. The standard InChI is InChI=1S/C12H17ClN2O/c1-2-7-14-9-11-4-5-12(10-15-11)16-8-3-6-13/h3-6,10,14H,2,7-9H2,1H3. The molecule has 3 nitrogen and oxygen atoms in total. The Bertz CT molecular complexity index is 311. The van der Waals surface area contributed by atoms with Crippen molar-refractivity contribution in [2.45, 2.75) is 19.9 Å². The van der Waals surface area contributed by atoms with E-state index < -0.39 is 0 Å². The van der Waals surface area contributed by atoms with Crippen LogP contribution in [0.1, 0.15) is 19.0 Å². The molecule has 16 heavy (non-hydrogen) atoms. The highest BCUT2D eigenvalue weighted by Gasteiger charge is 1.95. The van der Waals surface area contributed by atoms with Gasteiger partial charge in [0.1, 0.15) is 12.4 Å². The minimum absolute atomic E-state index is 0.471. The van der Waals surface area contributed by atoms with Gasteiger partial charge in [0.25, 0.3) is 0 Å². The van der Waals surface area contributed by atoms with Crippen molar-refractivity contribution in [2.24, 2.45) is 0 Å². The Hall–Kier alpha value is -1.06. The van der Waals surface area contributed by atoms with Crippen molar-refractivity contribution in [3.05, 3.63) is 35.6 Å². The molecule has 0 fully saturated rings. The van der Waals surface area contributed by atoms with Gasteiger partial charge in [-0.2, -0.15) is 0 Å². The molecule has 0 amide bonds. The van der Waals surface area contributed by atoms with Gasteiger partial charge in [0.2, 0.25) is 0 Å². The molecule has 0 aliphatic carbocycles. The van der Waals surface area contributed by atoms with Crippen LogP contribution in [-0.2, 0) is 6.54 Å². The van der Waals surface area contributed by atoms with E-state index in [2.05, 4.69) is 17.2 Å². The SMILES string of the molecule is CCCNCc1ccc(OCC=CCl)cn1. The Labute approximate surface area is 101 Å². The van der Waals surface area contributed by atoms with E-state index in [9.17, 15) is 0 Å². The van der Waals surface area contributed by atoms with E-state index in [1.807, 2.05) is 12.1 Å². The Morgan fingerprint density at radius 1 is 1.50 bits per heavy atom. The summed E-state index contributed by atoms with van der Waals surface area (Å²) in [4.78, 5) is 4.28. The molecule has 0 spiro atoms. The minimum atomic E-state index is 0.471. The molecule has 1 aromatic rings. The molecule has 0 aromatic carbocycles. The van der Waals surface area contributed by atoms with Crippen LogP contribution in [0.5, 0.6) is 5.75 Å².